The van der Waals surface area contributed by atoms with Crippen molar-refractivity contribution in [3.05, 3.63) is 0 Å². The van der Waals surface area contributed by atoms with Crippen LogP contribution in [0.1, 0.15) is 38.5 Å². The molecule has 0 spiro atoms. The summed E-state index contributed by atoms with van der Waals surface area (Å²) in [6, 6.07) is 0. The van der Waals surface area contributed by atoms with Crippen molar-refractivity contribution >= 4 is 11.6 Å². The van der Waals surface area contributed by atoms with Crippen LogP contribution in [0.3, 0.4) is 0 Å². The maximum atomic E-state index is 6.10. The summed E-state index contributed by atoms with van der Waals surface area (Å²) < 4.78 is 10.5. The summed E-state index contributed by atoms with van der Waals surface area (Å²) in [5, 5.41) is 0. The standard InChI is InChI=1S/C12H23ClO2/c1-14-9-10-15-8-7-12(11-13)5-3-2-4-6-12/h2-11H2,1H3. The Bertz CT molecular complexity index is 156. The summed E-state index contributed by atoms with van der Waals surface area (Å²) in [6.07, 6.45) is 7.73. The van der Waals surface area contributed by atoms with Crippen molar-refractivity contribution in [1.29, 1.82) is 0 Å². The molecule has 15 heavy (non-hydrogen) atoms. The minimum absolute atomic E-state index is 0.368. The van der Waals surface area contributed by atoms with Crippen molar-refractivity contribution in [1.82, 2.24) is 0 Å². The second-order valence-electron chi connectivity index (χ2n) is 4.55. The van der Waals surface area contributed by atoms with Gasteiger partial charge in [-0.2, -0.15) is 0 Å². The minimum Gasteiger partial charge on any atom is -0.382 e. The van der Waals surface area contributed by atoms with E-state index in [1.165, 1.54) is 32.1 Å². The lowest BCUT2D eigenvalue weighted by Crippen LogP contribution is -2.28. The molecule has 1 aliphatic rings. The summed E-state index contributed by atoms with van der Waals surface area (Å²) in [5.41, 5.74) is 0.368. The van der Waals surface area contributed by atoms with E-state index in [9.17, 15) is 0 Å². The van der Waals surface area contributed by atoms with E-state index >= 15 is 0 Å². The fourth-order valence-corrected chi connectivity index (χ4v) is 2.69. The Balaban J connectivity index is 2.15. The van der Waals surface area contributed by atoms with Crippen LogP contribution in [0, 0.1) is 5.41 Å². The fraction of sp³-hybridized carbons (Fsp3) is 1.00. The maximum absolute atomic E-state index is 6.10. The third-order valence-corrected chi connectivity index (χ3v) is 3.97. The lowest BCUT2D eigenvalue weighted by molar-refractivity contribution is 0.0470. The predicted molar refractivity (Wildman–Crippen MR) is 63.6 cm³/mol. The first-order chi connectivity index (χ1) is 7.33. The molecule has 0 saturated heterocycles. The topological polar surface area (TPSA) is 18.5 Å². The van der Waals surface area contributed by atoms with Crippen molar-refractivity contribution in [3.63, 3.8) is 0 Å². The summed E-state index contributed by atoms with van der Waals surface area (Å²) in [7, 11) is 1.70. The molecule has 0 atom stereocenters. The number of halogens is 1. The molecule has 0 aromatic rings. The van der Waals surface area contributed by atoms with E-state index < -0.39 is 0 Å². The van der Waals surface area contributed by atoms with Gasteiger partial charge in [-0.15, -0.1) is 11.6 Å². The van der Waals surface area contributed by atoms with Gasteiger partial charge in [-0.25, -0.2) is 0 Å². The zero-order valence-electron chi connectivity index (χ0n) is 9.77. The minimum atomic E-state index is 0.368. The molecule has 90 valence electrons. The third-order valence-electron chi connectivity index (χ3n) is 3.41. The monoisotopic (exact) mass is 234 g/mol. The first kappa shape index (κ1) is 13.3. The molecular formula is C12H23ClO2. The van der Waals surface area contributed by atoms with Crippen molar-refractivity contribution in [2.24, 2.45) is 5.41 Å². The van der Waals surface area contributed by atoms with Gasteiger partial charge in [-0.3, -0.25) is 0 Å². The lowest BCUT2D eigenvalue weighted by Gasteiger charge is -2.35. The normalized spacial score (nSPS) is 20.4. The van der Waals surface area contributed by atoms with Crippen LogP contribution in [0.25, 0.3) is 0 Å². The van der Waals surface area contributed by atoms with Crippen LogP contribution in [0.2, 0.25) is 0 Å². The molecule has 3 heteroatoms. The van der Waals surface area contributed by atoms with Crippen LogP contribution in [0.5, 0.6) is 0 Å². The Labute approximate surface area is 98.3 Å². The van der Waals surface area contributed by atoms with Crippen LogP contribution in [-0.4, -0.2) is 32.8 Å². The van der Waals surface area contributed by atoms with E-state index in [2.05, 4.69) is 0 Å². The summed E-state index contributed by atoms with van der Waals surface area (Å²) >= 11 is 6.10. The molecule has 1 rings (SSSR count). The molecule has 0 radical (unpaired) electrons. The van der Waals surface area contributed by atoms with Crippen LogP contribution < -0.4 is 0 Å². The maximum Gasteiger partial charge on any atom is 0.0700 e. The summed E-state index contributed by atoms with van der Waals surface area (Å²) in [6.45, 7) is 2.22. The Kier molecular flexibility index (Phi) is 6.62. The first-order valence-corrected chi connectivity index (χ1v) is 6.49. The quantitative estimate of drug-likeness (QED) is 0.498. The molecule has 0 amide bonds. The number of hydrogen-bond donors (Lipinski definition) is 0. The number of hydrogen-bond acceptors (Lipinski definition) is 2. The van der Waals surface area contributed by atoms with Crippen LogP contribution in [-0.2, 0) is 9.47 Å². The van der Waals surface area contributed by atoms with Crippen molar-refractivity contribution in [2.45, 2.75) is 38.5 Å². The Hall–Kier alpha value is 0.210. The average molecular weight is 235 g/mol. The Morgan fingerprint density at radius 2 is 1.80 bits per heavy atom. The van der Waals surface area contributed by atoms with Gasteiger partial charge in [0.05, 0.1) is 13.2 Å². The number of ether oxygens (including phenoxy) is 2. The van der Waals surface area contributed by atoms with Gasteiger partial charge in [0.15, 0.2) is 0 Å². The molecule has 0 heterocycles. The van der Waals surface area contributed by atoms with E-state index in [-0.39, 0.29) is 0 Å². The highest BCUT2D eigenvalue weighted by atomic mass is 35.5. The molecule has 1 saturated carbocycles. The Morgan fingerprint density at radius 1 is 1.07 bits per heavy atom. The molecule has 2 nitrogen and oxygen atoms in total. The van der Waals surface area contributed by atoms with Gasteiger partial charge < -0.3 is 9.47 Å². The van der Waals surface area contributed by atoms with Gasteiger partial charge in [-0.05, 0) is 24.7 Å². The fourth-order valence-electron chi connectivity index (χ4n) is 2.29. The van der Waals surface area contributed by atoms with Gasteiger partial charge in [0.25, 0.3) is 0 Å². The number of methoxy groups -OCH3 is 1. The third kappa shape index (κ3) is 4.71. The largest absolute Gasteiger partial charge is 0.382 e. The molecule has 0 aromatic carbocycles. The predicted octanol–water partition coefficient (Wildman–Crippen LogP) is 3.23. The molecule has 1 aliphatic carbocycles. The molecule has 1 fully saturated rings. The summed E-state index contributed by atoms with van der Waals surface area (Å²) in [5.74, 6) is 0.792. The SMILES string of the molecule is COCCOCCC1(CCl)CCCCC1. The molecular weight excluding hydrogens is 212 g/mol. The van der Waals surface area contributed by atoms with E-state index in [1.54, 1.807) is 7.11 Å². The molecule has 0 unspecified atom stereocenters. The van der Waals surface area contributed by atoms with Crippen molar-refractivity contribution in [3.8, 4) is 0 Å². The highest BCUT2D eigenvalue weighted by Crippen LogP contribution is 2.40. The van der Waals surface area contributed by atoms with Crippen LogP contribution in [0.15, 0.2) is 0 Å². The smallest absolute Gasteiger partial charge is 0.0700 e. The second-order valence-corrected chi connectivity index (χ2v) is 4.82. The van der Waals surface area contributed by atoms with Gasteiger partial charge in [0, 0.05) is 19.6 Å². The van der Waals surface area contributed by atoms with E-state index in [4.69, 9.17) is 21.1 Å². The van der Waals surface area contributed by atoms with Gasteiger partial charge in [0.2, 0.25) is 0 Å². The van der Waals surface area contributed by atoms with E-state index in [1.807, 2.05) is 0 Å². The molecule has 0 N–H and O–H groups in total. The summed E-state index contributed by atoms with van der Waals surface area (Å²) in [4.78, 5) is 0. The zero-order chi connectivity index (χ0) is 11.0. The first-order valence-electron chi connectivity index (χ1n) is 5.96. The molecule has 0 aromatic heterocycles. The second kappa shape index (κ2) is 7.48. The van der Waals surface area contributed by atoms with Gasteiger partial charge in [-0.1, -0.05) is 19.3 Å². The lowest BCUT2D eigenvalue weighted by atomic mass is 9.73. The number of alkyl halides is 1. The van der Waals surface area contributed by atoms with E-state index in [0.29, 0.717) is 18.6 Å². The van der Waals surface area contributed by atoms with E-state index in [0.717, 1.165) is 18.9 Å². The zero-order valence-corrected chi connectivity index (χ0v) is 10.5. The highest BCUT2D eigenvalue weighted by Gasteiger charge is 2.30. The average Bonchev–Trinajstić information content (AvgIpc) is 2.30. The molecule has 0 aliphatic heterocycles. The van der Waals surface area contributed by atoms with Crippen LogP contribution >= 0.6 is 11.6 Å². The van der Waals surface area contributed by atoms with Gasteiger partial charge >= 0.3 is 0 Å². The Morgan fingerprint density at radius 3 is 2.40 bits per heavy atom. The molecule has 0 bridgehead atoms. The highest BCUT2D eigenvalue weighted by molar-refractivity contribution is 6.18. The number of rotatable bonds is 7. The van der Waals surface area contributed by atoms with Crippen molar-refractivity contribution in [2.75, 3.05) is 32.8 Å². The van der Waals surface area contributed by atoms with Crippen molar-refractivity contribution < 1.29 is 9.47 Å². The van der Waals surface area contributed by atoms with Crippen LogP contribution in [0.4, 0.5) is 0 Å². The van der Waals surface area contributed by atoms with Gasteiger partial charge in [0.1, 0.15) is 0 Å².